The molecule has 1 aromatic heterocycles. The maximum Gasteiger partial charge on any atom is 0.248 e. The van der Waals surface area contributed by atoms with Crippen LogP contribution in [0.15, 0.2) is 59.9 Å². The van der Waals surface area contributed by atoms with Gasteiger partial charge >= 0.3 is 0 Å². The van der Waals surface area contributed by atoms with E-state index in [0.29, 0.717) is 16.8 Å². The lowest BCUT2D eigenvalue weighted by Crippen LogP contribution is -2.07. The first kappa shape index (κ1) is 16.5. The van der Waals surface area contributed by atoms with Crippen molar-refractivity contribution in [2.45, 2.75) is 4.90 Å². The Morgan fingerprint density at radius 3 is 2.87 bits per heavy atom. The summed E-state index contributed by atoms with van der Waals surface area (Å²) in [5.74, 6) is -0.271. The third-order valence-electron chi connectivity index (χ3n) is 3.03. The van der Waals surface area contributed by atoms with Crippen LogP contribution in [-0.4, -0.2) is 17.1 Å². The van der Waals surface area contributed by atoms with E-state index in [-0.39, 0.29) is 5.91 Å². The number of nitrogens with one attached hydrogen (secondary N) is 2. The van der Waals surface area contributed by atoms with Gasteiger partial charge in [0.1, 0.15) is 0 Å². The largest absolute Gasteiger partial charge is 0.404 e. The topological polar surface area (TPSA) is 91.9 Å². The van der Waals surface area contributed by atoms with E-state index in [9.17, 15) is 4.79 Å². The number of hydrogen-bond donors (Lipinski definition) is 4. The van der Waals surface area contributed by atoms with Gasteiger partial charge in [0.2, 0.25) is 5.91 Å². The van der Waals surface area contributed by atoms with Crippen molar-refractivity contribution < 1.29 is 4.79 Å². The molecule has 2 rings (SSSR count). The molecule has 0 unspecified atom stereocenters. The molecule has 1 aromatic carbocycles. The fraction of sp³-hybridized carbons (Fsp3) is 0. The molecule has 0 atom stereocenters. The van der Waals surface area contributed by atoms with Crippen LogP contribution in [0.4, 0.5) is 5.69 Å². The molecule has 0 saturated carbocycles. The molecule has 23 heavy (non-hydrogen) atoms. The number of aromatic nitrogens is 1. The van der Waals surface area contributed by atoms with Gasteiger partial charge in [-0.2, -0.15) is 0 Å². The molecule has 0 fully saturated rings. The summed E-state index contributed by atoms with van der Waals surface area (Å²) in [6, 6.07) is 8.92. The van der Waals surface area contributed by atoms with Crippen LogP contribution in [0, 0.1) is 5.41 Å². The molecule has 5 nitrogen and oxygen atoms in total. The summed E-state index contributed by atoms with van der Waals surface area (Å²) in [6.45, 7) is 0. The van der Waals surface area contributed by atoms with Gasteiger partial charge in [-0.3, -0.25) is 9.78 Å². The van der Waals surface area contributed by atoms with Crippen LogP contribution < -0.4 is 11.1 Å². The SMILES string of the molecule is N=CC(=CN)c1ccncc1/C=C/C(=O)Nc1cccc(S)c1. The van der Waals surface area contributed by atoms with Crippen molar-refractivity contribution in [1.29, 1.82) is 5.41 Å². The first-order valence-corrected chi connectivity index (χ1v) is 7.23. The lowest BCUT2D eigenvalue weighted by molar-refractivity contribution is -0.111. The number of anilines is 1. The fourth-order valence-corrected chi connectivity index (χ4v) is 2.18. The van der Waals surface area contributed by atoms with Crippen LogP contribution in [0.25, 0.3) is 11.6 Å². The predicted molar refractivity (Wildman–Crippen MR) is 96.5 cm³/mol. The monoisotopic (exact) mass is 324 g/mol. The van der Waals surface area contributed by atoms with Crippen LogP contribution in [0.1, 0.15) is 11.1 Å². The van der Waals surface area contributed by atoms with Crippen LogP contribution in [-0.2, 0) is 4.79 Å². The third kappa shape index (κ3) is 4.55. The highest BCUT2D eigenvalue weighted by Crippen LogP contribution is 2.18. The first-order valence-electron chi connectivity index (χ1n) is 6.79. The van der Waals surface area contributed by atoms with Crippen molar-refractivity contribution in [2.24, 2.45) is 5.73 Å². The number of amides is 1. The molecular formula is C17H16N4OS. The standard InChI is InChI=1S/C17H16N4OS/c18-9-13(10-19)16-6-7-20-11-12(16)4-5-17(22)21-14-2-1-3-15(23)8-14/h1-11,18,23H,19H2,(H,21,22)/b5-4+,13-10?,18-9?. The number of benzene rings is 1. The molecule has 0 aliphatic heterocycles. The maximum atomic E-state index is 12.0. The molecular weight excluding hydrogens is 308 g/mol. The van der Waals surface area contributed by atoms with Gasteiger partial charge < -0.3 is 16.5 Å². The molecule has 4 N–H and O–H groups in total. The minimum atomic E-state index is -0.271. The smallest absolute Gasteiger partial charge is 0.248 e. The van der Waals surface area contributed by atoms with Crippen LogP contribution in [0.5, 0.6) is 0 Å². The highest BCUT2D eigenvalue weighted by Gasteiger charge is 2.04. The molecule has 2 aromatic rings. The highest BCUT2D eigenvalue weighted by atomic mass is 32.1. The molecule has 0 bridgehead atoms. The third-order valence-corrected chi connectivity index (χ3v) is 3.30. The lowest BCUT2D eigenvalue weighted by atomic mass is 10.0. The van der Waals surface area contributed by atoms with Gasteiger partial charge in [0, 0.05) is 52.6 Å². The van der Waals surface area contributed by atoms with E-state index < -0.39 is 0 Å². The summed E-state index contributed by atoms with van der Waals surface area (Å²) in [5, 5.41) is 10.1. The van der Waals surface area contributed by atoms with Gasteiger partial charge in [0.15, 0.2) is 0 Å². The van der Waals surface area contributed by atoms with E-state index in [1.165, 1.54) is 12.3 Å². The quantitative estimate of drug-likeness (QED) is 0.387. The van der Waals surface area contributed by atoms with E-state index in [1.807, 2.05) is 12.1 Å². The molecule has 0 saturated heterocycles. The zero-order valence-corrected chi connectivity index (χ0v) is 13.1. The minimum Gasteiger partial charge on any atom is -0.404 e. The second kappa shape index (κ2) is 7.95. The van der Waals surface area contributed by atoms with Gasteiger partial charge in [0.25, 0.3) is 0 Å². The van der Waals surface area contributed by atoms with Crippen molar-refractivity contribution in [2.75, 3.05) is 5.32 Å². The number of nitrogens with two attached hydrogens (primary N) is 1. The average Bonchev–Trinajstić information content (AvgIpc) is 2.55. The Morgan fingerprint density at radius 1 is 1.35 bits per heavy atom. The van der Waals surface area contributed by atoms with Crippen molar-refractivity contribution >= 4 is 42.1 Å². The Kier molecular flexibility index (Phi) is 5.71. The van der Waals surface area contributed by atoms with Crippen molar-refractivity contribution in [3.05, 3.63) is 66.1 Å². The van der Waals surface area contributed by atoms with E-state index in [1.54, 1.807) is 36.7 Å². The summed E-state index contributed by atoms with van der Waals surface area (Å²) >= 11 is 4.23. The van der Waals surface area contributed by atoms with Crippen molar-refractivity contribution in [1.82, 2.24) is 4.98 Å². The van der Waals surface area contributed by atoms with Gasteiger partial charge in [-0.15, -0.1) is 12.6 Å². The Bertz CT molecular complexity index is 784. The summed E-state index contributed by atoms with van der Waals surface area (Å²) < 4.78 is 0. The molecule has 1 heterocycles. The summed E-state index contributed by atoms with van der Waals surface area (Å²) in [6.07, 6.45) is 8.76. The van der Waals surface area contributed by atoms with E-state index in [4.69, 9.17) is 11.1 Å². The number of thiol groups is 1. The second-order valence-electron chi connectivity index (χ2n) is 4.60. The number of hydrogen-bond acceptors (Lipinski definition) is 5. The Morgan fingerprint density at radius 2 is 2.17 bits per heavy atom. The van der Waals surface area contributed by atoms with Gasteiger partial charge in [-0.05, 0) is 35.9 Å². The fourth-order valence-electron chi connectivity index (χ4n) is 1.95. The van der Waals surface area contributed by atoms with Crippen LogP contribution >= 0.6 is 12.6 Å². The van der Waals surface area contributed by atoms with Crippen molar-refractivity contribution in [3.63, 3.8) is 0 Å². The number of rotatable bonds is 5. The summed E-state index contributed by atoms with van der Waals surface area (Å²) in [4.78, 5) is 16.8. The van der Waals surface area contributed by atoms with E-state index in [2.05, 4.69) is 22.9 Å². The molecule has 0 radical (unpaired) electrons. The highest BCUT2D eigenvalue weighted by molar-refractivity contribution is 7.80. The summed E-state index contributed by atoms with van der Waals surface area (Å²) in [5.41, 5.74) is 8.17. The predicted octanol–water partition coefficient (Wildman–Crippen LogP) is 2.97. The molecule has 0 spiro atoms. The van der Waals surface area contributed by atoms with E-state index >= 15 is 0 Å². The molecule has 6 heteroatoms. The average molecular weight is 324 g/mol. The second-order valence-corrected chi connectivity index (χ2v) is 5.12. The van der Waals surface area contributed by atoms with E-state index in [0.717, 1.165) is 16.7 Å². The molecule has 116 valence electrons. The number of allylic oxidation sites excluding steroid dienone is 1. The Labute approximate surface area is 139 Å². The molecule has 0 aliphatic rings. The number of carbonyl (C=O) groups is 1. The van der Waals surface area contributed by atoms with Gasteiger partial charge in [0.05, 0.1) is 0 Å². The number of carbonyl (C=O) groups excluding carboxylic acids is 1. The molecule has 1 amide bonds. The number of nitrogens with zero attached hydrogens (tertiary/aromatic N) is 1. The zero-order valence-electron chi connectivity index (χ0n) is 12.2. The Hall–Kier alpha value is -2.86. The summed E-state index contributed by atoms with van der Waals surface area (Å²) in [7, 11) is 0. The zero-order chi connectivity index (χ0) is 16.7. The molecule has 0 aliphatic carbocycles. The maximum absolute atomic E-state index is 12.0. The Balaban J connectivity index is 2.17. The van der Waals surface area contributed by atoms with Gasteiger partial charge in [-0.1, -0.05) is 6.07 Å². The minimum absolute atomic E-state index is 0.271. The first-order chi connectivity index (χ1) is 11.1. The number of pyridine rings is 1. The van der Waals surface area contributed by atoms with Gasteiger partial charge in [-0.25, -0.2) is 0 Å². The normalized spacial score (nSPS) is 11.4. The lowest BCUT2D eigenvalue weighted by Gasteiger charge is -2.05. The van der Waals surface area contributed by atoms with Crippen LogP contribution in [0.2, 0.25) is 0 Å². The van der Waals surface area contributed by atoms with Crippen LogP contribution in [0.3, 0.4) is 0 Å². The van der Waals surface area contributed by atoms with Crippen molar-refractivity contribution in [3.8, 4) is 0 Å².